The number of ether oxygens (including phenoxy) is 1. The van der Waals surface area contributed by atoms with Gasteiger partial charge in [0, 0.05) is 5.69 Å². The van der Waals surface area contributed by atoms with E-state index in [-0.39, 0.29) is 22.2 Å². The number of aromatic amines is 1. The molecule has 0 atom stereocenters. The minimum atomic E-state index is -0.522. The molecule has 0 radical (unpaired) electrons. The number of rotatable bonds is 7. The molecule has 0 saturated carbocycles. The molecule has 0 saturated heterocycles. The molecule has 0 bridgehead atoms. The standard InChI is InChI=1S/C21H17FN4O3S3/c1-2-29-13-9-7-12(8-10-13)26-18-17(32-21(26)30)19(28)25-20(24-18)31-11-16(27)23-15-6-4-3-5-14(15)22/h3-10H,2,11H2,1H3,(H,23,27)(H,24,25,28). The molecule has 32 heavy (non-hydrogen) atoms. The Labute approximate surface area is 195 Å². The van der Waals surface area contributed by atoms with Crippen LogP contribution in [0.25, 0.3) is 16.0 Å². The second-order valence-electron chi connectivity index (χ2n) is 6.47. The third-order valence-electron chi connectivity index (χ3n) is 4.31. The van der Waals surface area contributed by atoms with Crippen molar-refractivity contribution in [3.05, 3.63) is 68.7 Å². The van der Waals surface area contributed by atoms with E-state index < -0.39 is 11.7 Å². The predicted molar refractivity (Wildman–Crippen MR) is 127 cm³/mol. The van der Waals surface area contributed by atoms with E-state index >= 15 is 0 Å². The van der Waals surface area contributed by atoms with E-state index in [4.69, 9.17) is 17.0 Å². The fraction of sp³-hybridized carbons (Fsp3) is 0.143. The molecule has 11 heteroatoms. The van der Waals surface area contributed by atoms with E-state index in [1.54, 1.807) is 10.6 Å². The second kappa shape index (κ2) is 9.63. The quantitative estimate of drug-likeness (QED) is 0.221. The van der Waals surface area contributed by atoms with Crippen LogP contribution in [-0.2, 0) is 4.79 Å². The van der Waals surface area contributed by atoms with Gasteiger partial charge in [0.15, 0.2) is 14.8 Å². The van der Waals surface area contributed by atoms with Gasteiger partial charge < -0.3 is 15.0 Å². The SMILES string of the molecule is CCOc1ccc(-n2c(=S)sc3c(=O)[nH]c(SCC(=O)Nc4ccccc4F)nc32)cc1. The van der Waals surface area contributed by atoms with E-state index in [0.29, 0.717) is 20.9 Å². The number of carbonyl (C=O) groups is 1. The molecule has 4 aromatic rings. The number of aromatic nitrogens is 3. The van der Waals surface area contributed by atoms with Crippen molar-refractivity contribution in [3.8, 4) is 11.4 Å². The van der Waals surface area contributed by atoms with Gasteiger partial charge in [-0.05, 0) is 55.5 Å². The van der Waals surface area contributed by atoms with E-state index in [9.17, 15) is 14.0 Å². The second-order valence-corrected chi connectivity index (χ2v) is 9.08. The summed E-state index contributed by atoms with van der Waals surface area (Å²) in [4.78, 5) is 32.0. The molecule has 0 aliphatic rings. The van der Waals surface area contributed by atoms with Crippen molar-refractivity contribution in [1.29, 1.82) is 0 Å². The van der Waals surface area contributed by atoms with Gasteiger partial charge in [0.1, 0.15) is 16.3 Å². The number of hydrogen-bond acceptors (Lipinski definition) is 7. The van der Waals surface area contributed by atoms with Crippen molar-refractivity contribution in [2.24, 2.45) is 0 Å². The summed E-state index contributed by atoms with van der Waals surface area (Å²) in [6.07, 6.45) is 0. The minimum Gasteiger partial charge on any atom is -0.494 e. The van der Waals surface area contributed by atoms with Crippen LogP contribution in [-0.4, -0.2) is 32.8 Å². The number of nitrogens with one attached hydrogen (secondary N) is 2. The number of carbonyl (C=O) groups excluding carboxylic acids is 1. The first kappa shape index (κ1) is 22.2. The summed E-state index contributed by atoms with van der Waals surface area (Å²) in [7, 11) is 0. The van der Waals surface area contributed by atoms with Gasteiger partial charge in [-0.15, -0.1) is 0 Å². The lowest BCUT2D eigenvalue weighted by molar-refractivity contribution is -0.113. The number of benzene rings is 2. The number of thiazole rings is 1. The molecule has 2 aromatic heterocycles. The normalized spacial score (nSPS) is 10.9. The molecule has 7 nitrogen and oxygen atoms in total. The van der Waals surface area contributed by atoms with Gasteiger partial charge in [-0.2, -0.15) is 0 Å². The van der Waals surface area contributed by atoms with Crippen LogP contribution < -0.4 is 15.6 Å². The Bertz CT molecular complexity index is 1400. The number of nitrogens with zero attached hydrogens (tertiary/aromatic N) is 2. The van der Waals surface area contributed by atoms with Gasteiger partial charge in [0.05, 0.1) is 18.0 Å². The lowest BCUT2D eigenvalue weighted by atomic mass is 10.3. The van der Waals surface area contributed by atoms with Gasteiger partial charge in [0.25, 0.3) is 5.56 Å². The molecule has 2 N–H and O–H groups in total. The Morgan fingerprint density at radius 3 is 2.75 bits per heavy atom. The third-order valence-corrected chi connectivity index (χ3v) is 6.55. The van der Waals surface area contributed by atoms with E-state index in [1.165, 1.54) is 18.2 Å². The van der Waals surface area contributed by atoms with Crippen LogP contribution in [0.5, 0.6) is 5.75 Å². The van der Waals surface area contributed by atoms with E-state index in [0.717, 1.165) is 34.5 Å². The van der Waals surface area contributed by atoms with Gasteiger partial charge in [-0.25, -0.2) is 9.37 Å². The highest BCUT2D eigenvalue weighted by Crippen LogP contribution is 2.26. The minimum absolute atomic E-state index is 0.0588. The number of fused-ring (bicyclic) bond motifs is 1. The maximum Gasteiger partial charge on any atom is 0.271 e. The Balaban J connectivity index is 1.59. The van der Waals surface area contributed by atoms with Crippen molar-refractivity contribution in [2.75, 3.05) is 17.7 Å². The van der Waals surface area contributed by atoms with Gasteiger partial charge in [-0.3, -0.25) is 14.2 Å². The number of thioether (sulfide) groups is 1. The lowest BCUT2D eigenvalue weighted by Crippen LogP contribution is -2.16. The predicted octanol–water partition coefficient (Wildman–Crippen LogP) is 4.77. The Hall–Kier alpha value is -3.02. The molecule has 2 aromatic carbocycles. The molecule has 4 rings (SSSR count). The maximum absolute atomic E-state index is 13.7. The van der Waals surface area contributed by atoms with E-state index in [2.05, 4.69) is 15.3 Å². The van der Waals surface area contributed by atoms with Crippen molar-refractivity contribution in [2.45, 2.75) is 12.1 Å². The molecular weight excluding hydrogens is 471 g/mol. The molecular formula is C21H17FN4O3S3. The Morgan fingerprint density at radius 2 is 2.03 bits per heavy atom. The van der Waals surface area contributed by atoms with Crippen LogP contribution >= 0.6 is 35.3 Å². The molecule has 2 heterocycles. The zero-order valence-corrected chi connectivity index (χ0v) is 19.2. The van der Waals surface area contributed by atoms with Crippen LogP contribution in [0.2, 0.25) is 0 Å². The number of H-pyrrole nitrogens is 1. The Kier molecular flexibility index (Phi) is 6.68. The highest BCUT2D eigenvalue weighted by atomic mass is 32.2. The van der Waals surface area contributed by atoms with Crippen molar-refractivity contribution in [3.63, 3.8) is 0 Å². The summed E-state index contributed by atoms with van der Waals surface area (Å²) in [5, 5.41) is 2.77. The summed E-state index contributed by atoms with van der Waals surface area (Å²) in [5.41, 5.74) is 0.908. The molecule has 0 spiro atoms. The molecule has 0 unspecified atom stereocenters. The number of anilines is 1. The number of amides is 1. The summed E-state index contributed by atoms with van der Waals surface area (Å²) < 4.78 is 21.8. The first-order valence-corrected chi connectivity index (χ1v) is 11.7. The van der Waals surface area contributed by atoms with Crippen molar-refractivity contribution < 1.29 is 13.9 Å². The first-order chi connectivity index (χ1) is 15.5. The molecule has 0 fully saturated rings. The zero-order chi connectivity index (χ0) is 22.7. The third kappa shape index (κ3) is 4.74. The summed E-state index contributed by atoms with van der Waals surface area (Å²) >= 11 is 7.67. The average Bonchev–Trinajstić information content (AvgIpc) is 3.11. The summed E-state index contributed by atoms with van der Waals surface area (Å²) in [5.74, 6) is -0.273. The fourth-order valence-corrected chi connectivity index (χ4v) is 4.86. The maximum atomic E-state index is 13.7. The molecule has 0 aliphatic carbocycles. The largest absolute Gasteiger partial charge is 0.494 e. The first-order valence-electron chi connectivity index (χ1n) is 9.52. The topological polar surface area (TPSA) is 89.0 Å². The molecule has 0 aliphatic heterocycles. The van der Waals surface area contributed by atoms with Crippen LogP contribution in [0.4, 0.5) is 10.1 Å². The zero-order valence-electron chi connectivity index (χ0n) is 16.8. The highest BCUT2D eigenvalue weighted by Gasteiger charge is 2.15. The fourth-order valence-electron chi connectivity index (χ4n) is 2.93. The van der Waals surface area contributed by atoms with Crippen molar-refractivity contribution in [1.82, 2.24) is 14.5 Å². The average molecular weight is 489 g/mol. The number of para-hydroxylation sites is 1. The summed E-state index contributed by atoms with van der Waals surface area (Å²) in [6, 6.07) is 13.2. The Morgan fingerprint density at radius 1 is 1.28 bits per heavy atom. The smallest absolute Gasteiger partial charge is 0.271 e. The van der Waals surface area contributed by atoms with Crippen LogP contribution in [0, 0.1) is 9.77 Å². The van der Waals surface area contributed by atoms with Crippen LogP contribution in [0.1, 0.15) is 6.92 Å². The molecule has 1 amide bonds. The van der Waals surface area contributed by atoms with Crippen molar-refractivity contribution >= 4 is 57.3 Å². The summed E-state index contributed by atoms with van der Waals surface area (Å²) in [6.45, 7) is 2.46. The van der Waals surface area contributed by atoms with Crippen LogP contribution in [0.3, 0.4) is 0 Å². The van der Waals surface area contributed by atoms with Crippen LogP contribution in [0.15, 0.2) is 58.5 Å². The molecule has 164 valence electrons. The lowest BCUT2D eigenvalue weighted by Gasteiger charge is -2.08. The van der Waals surface area contributed by atoms with Gasteiger partial charge in [-0.1, -0.05) is 35.2 Å². The van der Waals surface area contributed by atoms with Gasteiger partial charge >= 0.3 is 0 Å². The highest BCUT2D eigenvalue weighted by molar-refractivity contribution is 7.99. The van der Waals surface area contributed by atoms with Gasteiger partial charge in [0.2, 0.25) is 5.91 Å². The number of halogens is 1. The number of hydrogen-bond donors (Lipinski definition) is 2. The monoisotopic (exact) mass is 488 g/mol. The van der Waals surface area contributed by atoms with E-state index in [1.807, 2.05) is 31.2 Å².